The maximum atomic E-state index is 13.2. The average Bonchev–Trinajstić information content (AvgIpc) is 3.29. The van der Waals surface area contributed by atoms with E-state index in [-0.39, 0.29) is 30.0 Å². The normalized spacial score (nSPS) is 20.5. The third-order valence-corrected chi connectivity index (χ3v) is 5.12. The summed E-state index contributed by atoms with van der Waals surface area (Å²) in [5, 5.41) is 6.67. The number of hydrogen-bond acceptors (Lipinski definition) is 6. The number of benzene rings is 2. The summed E-state index contributed by atoms with van der Waals surface area (Å²) in [4.78, 5) is 31.1. The summed E-state index contributed by atoms with van der Waals surface area (Å²) in [7, 11) is 0. The van der Waals surface area contributed by atoms with Gasteiger partial charge in [0, 0.05) is 17.5 Å². The first kappa shape index (κ1) is 17.4. The summed E-state index contributed by atoms with van der Waals surface area (Å²) in [5.74, 6) is 0.160. The molecule has 146 valence electrons. The first-order valence-corrected chi connectivity index (χ1v) is 9.02. The highest BCUT2D eigenvalue weighted by atomic mass is 19.1. The highest BCUT2D eigenvalue weighted by Gasteiger charge is 2.55. The van der Waals surface area contributed by atoms with Crippen molar-refractivity contribution in [1.29, 1.82) is 0 Å². The molecule has 5 rings (SSSR count). The van der Waals surface area contributed by atoms with Crippen LogP contribution in [0.1, 0.15) is 17.9 Å². The lowest BCUT2D eigenvalue weighted by atomic mass is 9.84. The summed E-state index contributed by atoms with van der Waals surface area (Å²) < 4.78 is 23.9. The Labute approximate surface area is 164 Å². The average molecular weight is 394 g/mol. The lowest BCUT2D eigenvalue weighted by Gasteiger charge is -2.33. The first-order valence-electron chi connectivity index (χ1n) is 9.02. The van der Waals surface area contributed by atoms with E-state index in [2.05, 4.69) is 15.5 Å². The number of rotatable bonds is 3. The van der Waals surface area contributed by atoms with Gasteiger partial charge in [0.1, 0.15) is 18.1 Å². The van der Waals surface area contributed by atoms with E-state index in [1.165, 1.54) is 24.3 Å². The van der Waals surface area contributed by atoms with Crippen molar-refractivity contribution in [2.24, 2.45) is 0 Å². The van der Waals surface area contributed by atoms with E-state index in [0.29, 0.717) is 29.9 Å². The number of amides is 3. The largest absolute Gasteiger partial charge is 0.493 e. The minimum atomic E-state index is -1.16. The quantitative estimate of drug-likeness (QED) is 0.686. The zero-order valence-electron chi connectivity index (χ0n) is 15.1. The molecule has 2 aliphatic heterocycles. The van der Waals surface area contributed by atoms with Crippen molar-refractivity contribution in [1.82, 2.24) is 20.4 Å². The number of hydrogen-bond donors (Lipinski definition) is 1. The zero-order valence-corrected chi connectivity index (χ0v) is 15.1. The van der Waals surface area contributed by atoms with E-state index in [1.54, 1.807) is 18.2 Å². The third-order valence-electron chi connectivity index (χ3n) is 5.12. The van der Waals surface area contributed by atoms with Gasteiger partial charge in [0.15, 0.2) is 5.54 Å². The van der Waals surface area contributed by atoms with E-state index in [9.17, 15) is 14.0 Å². The van der Waals surface area contributed by atoms with Gasteiger partial charge in [-0.25, -0.2) is 9.18 Å². The molecular formula is C20H15FN4O4. The number of halogens is 1. The zero-order chi connectivity index (χ0) is 20.0. The second-order valence-electron chi connectivity index (χ2n) is 6.84. The Balaban J connectivity index is 1.42. The van der Waals surface area contributed by atoms with Crippen LogP contribution in [0.3, 0.4) is 0 Å². The molecular weight excluding hydrogens is 379 g/mol. The number of carbonyl (C=O) groups excluding carboxylic acids is 2. The summed E-state index contributed by atoms with van der Waals surface area (Å²) in [6, 6.07) is 12.2. The lowest BCUT2D eigenvalue weighted by Crippen LogP contribution is -2.47. The van der Waals surface area contributed by atoms with Crippen LogP contribution in [-0.4, -0.2) is 33.6 Å². The van der Waals surface area contributed by atoms with Gasteiger partial charge in [-0.15, -0.1) is 0 Å². The smallest absolute Gasteiger partial charge is 0.325 e. The molecule has 2 aliphatic rings. The van der Waals surface area contributed by atoms with Crippen molar-refractivity contribution in [2.45, 2.75) is 18.5 Å². The molecule has 8 nitrogen and oxygen atoms in total. The summed E-state index contributed by atoms with van der Waals surface area (Å²) in [6.07, 6.45) is 0.329. The molecule has 1 spiro atoms. The Morgan fingerprint density at radius 1 is 1.14 bits per heavy atom. The fourth-order valence-electron chi connectivity index (χ4n) is 3.69. The predicted octanol–water partition coefficient (Wildman–Crippen LogP) is 2.61. The van der Waals surface area contributed by atoms with Crippen LogP contribution in [0.15, 0.2) is 53.1 Å². The highest BCUT2D eigenvalue weighted by molar-refractivity contribution is 6.07. The Morgan fingerprint density at radius 3 is 2.76 bits per heavy atom. The van der Waals surface area contributed by atoms with Gasteiger partial charge in [0.05, 0.1) is 6.61 Å². The molecule has 1 aromatic heterocycles. The minimum absolute atomic E-state index is 0.102. The van der Waals surface area contributed by atoms with Gasteiger partial charge in [-0.1, -0.05) is 23.4 Å². The van der Waals surface area contributed by atoms with Crippen LogP contribution < -0.4 is 10.1 Å². The molecule has 1 saturated heterocycles. The van der Waals surface area contributed by atoms with Gasteiger partial charge in [-0.05, 0) is 30.3 Å². The molecule has 0 aliphatic carbocycles. The molecule has 2 aromatic carbocycles. The molecule has 1 atom stereocenters. The number of nitrogens with one attached hydrogen (secondary N) is 1. The molecule has 1 N–H and O–H groups in total. The van der Waals surface area contributed by atoms with Gasteiger partial charge in [-0.3, -0.25) is 9.69 Å². The lowest BCUT2D eigenvalue weighted by molar-refractivity contribution is -0.133. The summed E-state index contributed by atoms with van der Waals surface area (Å²) >= 11 is 0. The summed E-state index contributed by atoms with van der Waals surface area (Å²) in [5.41, 5.74) is 0.0317. The molecule has 0 radical (unpaired) electrons. The van der Waals surface area contributed by atoms with Gasteiger partial charge in [-0.2, -0.15) is 4.98 Å². The van der Waals surface area contributed by atoms with Crippen molar-refractivity contribution in [3.05, 3.63) is 65.8 Å². The number of carbonyl (C=O) groups is 2. The van der Waals surface area contributed by atoms with Gasteiger partial charge >= 0.3 is 6.03 Å². The Kier molecular flexibility index (Phi) is 3.83. The molecule has 1 fully saturated rings. The molecule has 0 saturated carbocycles. The maximum absolute atomic E-state index is 13.2. The standard InChI is InChI=1S/C20H15FN4O4/c21-13-7-5-12(6-8-13)17-22-16(29-24-17)11-25-18(26)20(23-19(25)27)9-10-28-15-4-2-1-3-14(15)20/h1-8H,9-11H2,(H,23,27)/t20-/m0/s1. The van der Waals surface area contributed by atoms with Crippen LogP contribution in [0.4, 0.5) is 9.18 Å². The van der Waals surface area contributed by atoms with Gasteiger partial charge < -0.3 is 14.6 Å². The molecule has 3 aromatic rings. The topological polar surface area (TPSA) is 97.6 Å². The van der Waals surface area contributed by atoms with Crippen LogP contribution in [0.2, 0.25) is 0 Å². The number of aromatic nitrogens is 2. The SMILES string of the molecule is O=C1N[C@]2(CCOc3ccccc32)C(=O)N1Cc1nc(-c2ccc(F)cc2)no1. The monoisotopic (exact) mass is 394 g/mol. The van der Waals surface area contributed by atoms with Crippen LogP contribution >= 0.6 is 0 Å². The fourth-order valence-corrected chi connectivity index (χ4v) is 3.69. The molecule has 3 amide bonds. The van der Waals surface area contributed by atoms with Crippen LogP contribution in [-0.2, 0) is 16.9 Å². The number of ether oxygens (including phenoxy) is 1. The number of nitrogens with zero attached hydrogens (tertiary/aromatic N) is 3. The Hall–Kier alpha value is -3.75. The van der Waals surface area contributed by atoms with E-state index in [0.717, 1.165) is 4.90 Å². The number of para-hydroxylation sites is 1. The number of urea groups is 1. The predicted molar refractivity (Wildman–Crippen MR) is 97.0 cm³/mol. The molecule has 0 unspecified atom stereocenters. The van der Waals surface area contributed by atoms with Crippen molar-refractivity contribution < 1.29 is 23.2 Å². The highest BCUT2D eigenvalue weighted by Crippen LogP contribution is 2.41. The molecule has 3 heterocycles. The maximum Gasteiger partial charge on any atom is 0.325 e. The van der Waals surface area contributed by atoms with Gasteiger partial charge in [0.25, 0.3) is 5.91 Å². The second kappa shape index (κ2) is 6.40. The van der Waals surface area contributed by atoms with Crippen molar-refractivity contribution >= 4 is 11.9 Å². The van der Waals surface area contributed by atoms with Crippen LogP contribution in [0, 0.1) is 5.82 Å². The van der Waals surface area contributed by atoms with Gasteiger partial charge in [0.2, 0.25) is 11.7 Å². The summed E-state index contributed by atoms with van der Waals surface area (Å²) in [6.45, 7) is 0.149. The van der Waals surface area contributed by atoms with Crippen LogP contribution in [0.25, 0.3) is 11.4 Å². The Morgan fingerprint density at radius 2 is 1.93 bits per heavy atom. The first-order chi connectivity index (χ1) is 14.1. The van der Waals surface area contributed by atoms with Crippen molar-refractivity contribution in [2.75, 3.05) is 6.61 Å². The van der Waals surface area contributed by atoms with Crippen molar-refractivity contribution in [3.63, 3.8) is 0 Å². The van der Waals surface area contributed by atoms with E-state index >= 15 is 0 Å². The number of fused-ring (bicyclic) bond motifs is 2. The Bertz CT molecular complexity index is 1110. The van der Waals surface area contributed by atoms with E-state index in [4.69, 9.17) is 9.26 Å². The van der Waals surface area contributed by atoms with Crippen LogP contribution in [0.5, 0.6) is 5.75 Å². The fraction of sp³-hybridized carbons (Fsp3) is 0.200. The number of imide groups is 1. The molecule has 29 heavy (non-hydrogen) atoms. The molecule has 0 bridgehead atoms. The second-order valence-corrected chi connectivity index (χ2v) is 6.84. The third kappa shape index (κ3) is 2.74. The van der Waals surface area contributed by atoms with E-state index in [1.807, 2.05) is 6.07 Å². The van der Waals surface area contributed by atoms with Crippen molar-refractivity contribution in [3.8, 4) is 17.1 Å². The molecule has 9 heteroatoms. The van der Waals surface area contributed by atoms with E-state index < -0.39 is 11.6 Å². The minimum Gasteiger partial charge on any atom is -0.493 e.